The number of halogens is 2. The van der Waals surface area contributed by atoms with Gasteiger partial charge in [-0.1, -0.05) is 18.6 Å². The molecule has 76 valence electrons. The number of benzene rings is 1. The van der Waals surface area contributed by atoms with Gasteiger partial charge in [-0.15, -0.1) is 0 Å². The van der Waals surface area contributed by atoms with Crippen LogP contribution in [0.15, 0.2) is 23.8 Å². The first-order valence-corrected chi connectivity index (χ1v) is 4.52. The van der Waals surface area contributed by atoms with Crippen LogP contribution in [0.5, 0.6) is 0 Å². The molecular weight excluding hydrogens is 184 g/mol. The molecule has 0 amide bonds. The van der Waals surface area contributed by atoms with Crippen LogP contribution < -0.4 is 5.73 Å². The smallest absolute Gasteiger partial charge is 0.133 e. The molecule has 0 atom stereocenters. The van der Waals surface area contributed by atoms with E-state index in [1.165, 1.54) is 24.3 Å². The Bertz CT molecular complexity index is 319. The molecule has 0 bridgehead atoms. The van der Waals surface area contributed by atoms with Crippen LogP contribution in [-0.2, 0) is 0 Å². The third-order valence-corrected chi connectivity index (χ3v) is 2.06. The first-order valence-electron chi connectivity index (χ1n) is 4.52. The van der Waals surface area contributed by atoms with Crippen molar-refractivity contribution in [3.63, 3.8) is 0 Å². The Kier molecular flexibility index (Phi) is 3.77. The topological polar surface area (TPSA) is 26.0 Å². The summed E-state index contributed by atoms with van der Waals surface area (Å²) in [6.07, 6.45) is 2.18. The maximum atomic E-state index is 13.2. The summed E-state index contributed by atoms with van der Waals surface area (Å²) in [6, 6.07) is 3.81. The van der Waals surface area contributed by atoms with Gasteiger partial charge in [-0.05, 0) is 24.6 Å². The fraction of sp³-hybridized carbons (Fsp3) is 0.273. The summed E-state index contributed by atoms with van der Waals surface area (Å²) in [4.78, 5) is 0. The summed E-state index contributed by atoms with van der Waals surface area (Å²) in [5, 5.41) is 0. The molecule has 2 N–H and O–H groups in total. The van der Waals surface area contributed by atoms with Crippen LogP contribution in [0.3, 0.4) is 0 Å². The second-order valence-corrected chi connectivity index (χ2v) is 3.00. The van der Waals surface area contributed by atoms with Crippen molar-refractivity contribution in [3.8, 4) is 0 Å². The fourth-order valence-electron chi connectivity index (χ4n) is 1.16. The van der Waals surface area contributed by atoms with Gasteiger partial charge in [-0.3, -0.25) is 0 Å². The van der Waals surface area contributed by atoms with Gasteiger partial charge in [0.15, 0.2) is 0 Å². The third kappa shape index (κ3) is 2.39. The third-order valence-electron chi connectivity index (χ3n) is 2.06. The van der Waals surface area contributed by atoms with Crippen LogP contribution in [0.4, 0.5) is 8.78 Å². The maximum absolute atomic E-state index is 13.2. The van der Waals surface area contributed by atoms with Crippen LogP contribution in [0, 0.1) is 11.6 Å². The van der Waals surface area contributed by atoms with Gasteiger partial charge < -0.3 is 5.73 Å². The van der Waals surface area contributed by atoms with Gasteiger partial charge in [0, 0.05) is 12.1 Å². The highest BCUT2D eigenvalue weighted by molar-refractivity contribution is 5.54. The maximum Gasteiger partial charge on any atom is 0.133 e. The first kappa shape index (κ1) is 10.9. The van der Waals surface area contributed by atoms with E-state index >= 15 is 0 Å². The minimum atomic E-state index is -0.551. The van der Waals surface area contributed by atoms with Crippen molar-refractivity contribution >= 4 is 6.08 Å². The molecule has 0 unspecified atom stereocenters. The van der Waals surface area contributed by atoms with Gasteiger partial charge in [0.05, 0.1) is 0 Å². The zero-order chi connectivity index (χ0) is 10.6. The van der Waals surface area contributed by atoms with Crippen molar-refractivity contribution in [2.75, 3.05) is 6.54 Å². The number of nitrogens with two attached hydrogens (primary N) is 1. The molecule has 0 aliphatic carbocycles. The Morgan fingerprint density at radius 1 is 1.36 bits per heavy atom. The van der Waals surface area contributed by atoms with Gasteiger partial charge in [-0.2, -0.15) is 0 Å². The molecule has 3 heteroatoms. The molecule has 0 aliphatic heterocycles. The lowest BCUT2D eigenvalue weighted by atomic mass is 10.1. The monoisotopic (exact) mass is 197 g/mol. The normalized spacial score (nSPS) is 11.9. The van der Waals surface area contributed by atoms with Crippen molar-refractivity contribution in [1.82, 2.24) is 0 Å². The van der Waals surface area contributed by atoms with Crippen LogP contribution in [0.25, 0.3) is 6.08 Å². The van der Waals surface area contributed by atoms with Gasteiger partial charge >= 0.3 is 0 Å². The summed E-state index contributed by atoms with van der Waals surface area (Å²) >= 11 is 0. The lowest BCUT2D eigenvalue weighted by Gasteiger charge is -2.02. The molecule has 0 heterocycles. The van der Waals surface area contributed by atoms with Crippen molar-refractivity contribution in [1.29, 1.82) is 0 Å². The first-order chi connectivity index (χ1) is 6.69. The second-order valence-electron chi connectivity index (χ2n) is 3.00. The van der Waals surface area contributed by atoms with E-state index in [0.717, 1.165) is 5.57 Å². The number of hydrogen-bond acceptors (Lipinski definition) is 1. The molecule has 1 aromatic rings. The Morgan fingerprint density at radius 2 is 1.93 bits per heavy atom. The van der Waals surface area contributed by atoms with Crippen molar-refractivity contribution in [2.24, 2.45) is 5.73 Å². The lowest BCUT2D eigenvalue weighted by Crippen LogP contribution is -2.02. The van der Waals surface area contributed by atoms with Gasteiger partial charge in [-0.25, -0.2) is 8.78 Å². The SMILES string of the molecule is CCC(=Cc1c(F)cccc1F)CN. The molecule has 0 saturated heterocycles. The van der Waals surface area contributed by atoms with E-state index in [-0.39, 0.29) is 5.56 Å². The predicted molar refractivity (Wildman–Crippen MR) is 53.7 cm³/mol. The molecule has 0 fully saturated rings. The van der Waals surface area contributed by atoms with Crippen molar-refractivity contribution in [2.45, 2.75) is 13.3 Å². The van der Waals surface area contributed by atoms with E-state index in [1.54, 1.807) is 0 Å². The average Bonchev–Trinajstić information content (AvgIpc) is 2.18. The van der Waals surface area contributed by atoms with Crippen molar-refractivity contribution < 1.29 is 8.78 Å². The summed E-state index contributed by atoms with van der Waals surface area (Å²) in [7, 11) is 0. The highest BCUT2D eigenvalue weighted by atomic mass is 19.1. The lowest BCUT2D eigenvalue weighted by molar-refractivity contribution is 0.578. The summed E-state index contributed by atoms with van der Waals surface area (Å²) in [6.45, 7) is 2.22. The Balaban J connectivity index is 3.12. The van der Waals surface area contributed by atoms with E-state index < -0.39 is 11.6 Å². The number of rotatable bonds is 3. The molecule has 1 rings (SSSR count). The zero-order valence-electron chi connectivity index (χ0n) is 8.06. The molecule has 0 spiro atoms. The van der Waals surface area contributed by atoms with Gasteiger partial charge in [0.2, 0.25) is 0 Å². The molecule has 0 radical (unpaired) electrons. The van der Waals surface area contributed by atoms with E-state index in [4.69, 9.17) is 5.73 Å². The van der Waals surface area contributed by atoms with Gasteiger partial charge in [0.1, 0.15) is 11.6 Å². The number of hydrogen-bond donors (Lipinski definition) is 1. The molecule has 0 aromatic heterocycles. The predicted octanol–water partition coefficient (Wildman–Crippen LogP) is 2.72. The largest absolute Gasteiger partial charge is 0.327 e. The Morgan fingerprint density at radius 3 is 2.36 bits per heavy atom. The molecule has 1 aromatic carbocycles. The molecular formula is C11H13F2N. The second kappa shape index (κ2) is 4.86. The highest BCUT2D eigenvalue weighted by Gasteiger charge is 2.05. The summed E-state index contributed by atoms with van der Waals surface area (Å²) < 4.78 is 26.3. The zero-order valence-corrected chi connectivity index (χ0v) is 8.06. The van der Waals surface area contributed by atoms with Crippen LogP contribution in [0.1, 0.15) is 18.9 Å². The van der Waals surface area contributed by atoms with Crippen LogP contribution in [-0.4, -0.2) is 6.54 Å². The van der Waals surface area contributed by atoms with Crippen molar-refractivity contribution in [3.05, 3.63) is 41.0 Å². The quantitative estimate of drug-likeness (QED) is 0.792. The summed E-state index contributed by atoms with van der Waals surface area (Å²) in [5.74, 6) is -1.10. The van der Waals surface area contributed by atoms with E-state index in [9.17, 15) is 8.78 Å². The Labute approximate surface area is 82.2 Å². The van der Waals surface area contributed by atoms with Crippen LogP contribution in [0.2, 0.25) is 0 Å². The molecule has 14 heavy (non-hydrogen) atoms. The standard InChI is InChI=1S/C11H13F2N/c1-2-8(7-14)6-9-10(12)4-3-5-11(9)13/h3-6H,2,7,14H2,1H3. The summed E-state index contributed by atoms with van der Waals surface area (Å²) in [5.41, 5.74) is 6.24. The van der Waals surface area contributed by atoms with Gasteiger partial charge in [0.25, 0.3) is 0 Å². The minimum Gasteiger partial charge on any atom is -0.327 e. The minimum absolute atomic E-state index is 0.00481. The fourth-order valence-corrected chi connectivity index (χ4v) is 1.16. The highest BCUT2D eigenvalue weighted by Crippen LogP contribution is 2.16. The Hall–Kier alpha value is -1.22. The van der Waals surface area contributed by atoms with E-state index in [0.29, 0.717) is 13.0 Å². The van der Waals surface area contributed by atoms with E-state index in [1.807, 2.05) is 6.92 Å². The average molecular weight is 197 g/mol. The molecule has 0 saturated carbocycles. The molecule has 0 aliphatic rings. The van der Waals surface area contributed by atoms with E-state index in [2.05, 4.69) is 0 Å². The molecule has 1 nitrogen and oxygen atoms in total. The van der Waals surface area contributed by atoms with Crippen LogP contribution >= 0.6 is 0 Å².